The van der Waals surface area contributed by atoms with Crippen molar-refractivity contribution in [3.05, 3.63) is 64.7 Å². The topological polar surface area (TPSA) is 34.6 Å². The third-order valence-electron chi connectivity index (χ3n) is 4.35. The number of hydrogen-bond acceptors (Lipinski definition) is 5. The number of thiazole rings is 1. The molecule has 0 saturated carbocycles. The molecule has 0 aliphatic rings. The van der Waals surface area contributed by atoms with Crippen molar-refractivity contribution in [3.63, 3.8) is 0 Å². The van der Waals surface area contributed by atoms with E-state index >= 15 is 0 Å². The Bertz CT molecular complexity index is 955. The summed E-state index contributed by atoms with van der Waals surface area (Å²) in [5, 5.41) is 2.79. The first-order chi connectivity index (χ1) is 13.8. The molecule has 0 N–H and O–H groups in total. The highest BCUT2D eigenvalue weighted by Crippen LogP contribution is 2.39. The fourth-order valence-corrected chi connectivity index (χ4v) is 3.83. The second-order valence-corrected chi connectivity index (χ2v) is 7.41. The summed E-state index contributed by atoms with van der Waals surface area (Å²) in [7, 11) is 5.08. The SMILES string of the molecule is COc1cccc(-c2nc(CN(C)Cc3ccc(C(F)(F)F)cc3)cs2)c1OC. The monoisotopic (exact) mass is 422 g/mol. The smallest absolute Gasteiger partial charge is 0.416 e. The van der Waals surface area contributed by atoms with Crippen LogP contribution in [0.3, 0.4) is 0 Å². The van der Waals surface area contributed by atoms with Gasteiger partial charge in [0.25, 0.3) is 0 Å². The Hall–Kier alpha value is -2.58. The third kappa shape index (κ3) is 5.07. The summed E-state index contributed by atoms with van der Waals surface area (Å²) in [6.07, 6.45) is -4.32. The molecule has 3 aromatic rings. The van der Waals surface area contributed by atoms with Gasteiger partial charge < -0.3 is 9.47 Å². The van der Waals surface area contributed by atoms with E-state index in [9.17, 15) is 13.2 Å². The van der Waals surface area contributed by atoms with Gasteiger partial charge in [-0.05, 0) is 36.9 Å². The second kappa shape index (κ2) is 8.84. The van der Waals surface area contributed by atoms with Gasteiger partial charge in [-0.3, -0.25) is 4.90 Å². The lowest BCUT2D eigenvalue weighted by molar-refractivity contribution is -0.137. The van der Waals surface area contributed by atoms with E-state index in [1.807, 2.05) is 35.5 Å². The highest BCUT2D eigenvalue weighted by molar-refractivity contribution is 7.13. The van der Waals surface area contributed by atoms with Crippen LogP contribution in [0.4, 0.5) is 13.2 Å². The molecule has 0 aliphatic carbocycles. The second-order valence-electron chi connectivity index (χ2n) is 6.55. The van der Waals surface area contributed by atoms with Crippen LogP contribution in [0, 0.1) is 0 Å². The summed E-state index contributed by atoms with van der Waals surface area (Å²) in [5.74, 6) is 1.27. The van der Waals surface area contributed by atoms with Crippen LogP contribution < -0.4 is 9.47 Å². The van der Waals surface area contributed by atoms with Crippen LogP contribution in [0.2, 0.25) is 0 Å². The molecule has 0 amide bonds. The first-order valence-electron chi connectivity index (χ1n) is 8.82. The van der Waals surface area contributed by atoms with Crippen molar-refractivity contribution in [2.24, 2.45) is 0 Å². The fraction of sp³-hybridized carbons (Fsp3) is 0.286. The van der Waals surface area contributed by atoms with Crippen LogP contribution in [0.1, 0.15) is 16.8 Å². The van der Waals surface area contributed by atoms with Crippen molar-refractivity contribution in [2.45, 2.75) is 19.3 Å². The predicted octanol–water partition coefficient (Wildman–Crippen LogP) is 5.48. The van der Waals surface area contributed by atoms with Crippen molar-refractivity contribution in [3.8, 4) is 22.1 Å². The number of ether oxygens (including phenoxy) is 2. The number of hydrogen-bond donors (Lipinski definition) is 0. The molecule has 0 fully saturated rings. The molecule has 3 rings (SSSR count). The van der Waals surface area contributed by atoms with Crippen LogP contribution in [-0.4, -0.2) is 31.2 Å². The van der Waals surface area contributed by atoms with Crippen LogP contribution >= 0.6 is 11.3 Å². The van der Waals surface area contributed by atoms with E-state index in [4.69, 9.17) is 9.47 Å². The van der Waals surface area contributed by atoms with Gasteiger partial charge in [0.1, 0.15) is 5.01 Å². The number of para-hydroxylation sites is 1. The van der Waals surface area contributed by atoms with E-state index in [-0.39, 0.29) is 0 Å². The molecular formula is C21H21F3N2O2S. The Morgan fingerprint density at radius 3 is 2.34 bits per heavy atom. The van der Waals surface area contributed by atoms with Crippen LogP contribution in [0.5, 0.6) is 11.5 Å². The Morgan fingerprint density at radius 1 is 1.00 bits per heavy atom. The minimum Gasteiger partial charge on any atom is -0.493 e. The largest absolute Gasteiger partial charge is 0.493 e. The van der Waals surface area contributed by atoms with Crippen molar-refractivity contribution in [2.75, 3.05) is 21.3 Å². The maximum Gasteiger partial charge on any atom is 0.416 e. The molecule has 0 spiro atoms. The number of rotatable bonds is 7. The predicted molar refractivity (Wildman–Crippen MR) is 107 cm³/mol. The lowest BCUT2D eigenvalue weighted by atomic mass is 10.1. The number of nitrogens with zero attached hydrogens (tertiary/aromatic N) is 2. The molecule has 0 atom stereocenters. The van der Waals surface area contributed by atoms with Crippen molar-refractivity contribution in [1.29, 1.82) is 0 Å². The van der Waals surface area contributed by atoms with Gasteiger partial charge in [-0.2, -0.15) is 13.2 Å². The average Bonchev–Trinajstić information content (AvgIpc) is 3.15. The zero-order valence-electron chi connectivity index (χ0n) is 16.3. The lowest BCUT2D eigenvalue weighted by Gasteiger charge is -2.16. The molecule has 0 saturated heterocycles. The molecule has 0 radical (unpaired) electrons. The summed E-state index contributed by atoms with van der Waals surface area (Å²) in [4.78, 5) is 6.69. The van der Waals surface area contributed by atoms with E-state index in [0.29, 0.717) is 24.6 Å². The fourth-order valence-electron chi connectivity index (χ4n) is 3.00. The zero-order chi connectivity index (χ0) is 21.0. The number of benzene rings is 2. The van der Waals surface area contributed by atoms with Crippen LogP contribution in [0.25, 0.3) is 10.6 Å². The Kier molecular flexibility index (Phi) is 6.44. The van der Waals surface area contributed by atoms with E-state index in [1.54, 1.807) is 14.2 Å². The maximum atomic E-state index is 12.7. The van der Waals surface area contributed by atoms with Crippen LogP contribution in [0.15, 0.2) is 47.8 Å². The lowest BCUT2D eigenvalue weighted by Crippen LogP contribution is -2.17. The number of methoxy groups -OCH3 is 2. The van der Waals surface area contributed by atoms with Gasteiger partial charge in [-0.15, -0.1) is 11.3 Å². The van der Waals surface area contributed by atoms with Gasteiger partial charge in [0.2, 0.25) is 0 Å². The van der Waals surface area contributed by atoms with Gasteiger partial charge >= 0.3 is 6.18 Å². The van der Waals surface area contributed by atoms with Crippen molar-refractivity contribution >= 4 is 11.3 Å². The van der Waals surface area contributed by atoms with Gasteiger partial charge in [-0.25, -0.2) is 4.98 Å². The molecule has 0 aliphatic heterocycles. The number of aromatic nitrogens is 1. The van der Waals surface area contributed by atoms with E-state index in [1.165, 1.54) is 23.5 Å². The zero-order valence-corrected chi connectivity index (χ0v) is 17.1. The number of halogens is 3. The third-order valence-corrected chi connectivity index (χ3v) is 5.28. The van der Waals surface area contributed by atoms with Crippen molar-refractivity contribution < 1.29 is 22.6 Å². The molecule has 0 unspecified atom stereocenters. The normalized spacial score (nSPS) is 11.7. The molecule has 4 nitrogen and oxygen atoms in total. The van der Waals surface area contributed by atoms with Crippen molar-refractivity contribution in [1.82, 2.24) is 9.88 Å². The van der Waals surface area contributed by atoms with Crippen LogP contribution in [-0.2, 0) is 19.3 Å². The molecule has 8 heteroatoms. The van der Waals surface area contributed by atoms with Gasteiger partial charge in [-0.1, -0.05) is 18.2 Å². The molecule has 1 heterocycles. The number of alkyl halides is 3. The standard InChI is InChI=1S/C21H21F3N2O2S/c1-26(11-14-7-9-15(10-8-14)21(22,23)24)12-16-13-29-20(25-16)17-5-4-6-18(27-2)19(17)28-3/h4-10,13H,11-12H2,1-3H3. The quantitative estimate of drug-likeness (QED) is 0.505. The molecule has 154 valence electrons. The molecular weight excluding hydrogens is 401 g/mol. The first-order valence-corrected chi connectivity index (χ1v) is 9.70. The maximum absolute atomic E-state index is 12.7. The Labute approximate surface area is 171 Å². The average molecular weight is 422 g/mol. The summed E-state index contributed by atoms with van der Waals surface area (Å²) < 4.78 is 48.9. The Balaban J connectivity index is 1.69. The summed E-state index contributed by atoms with van der Waals surface area (Å²) in [6.45, 7) is 1.09. The molecule has 1 aromatic heterocycles. The van der Waals surface area contributed by atoms with Gasteiger partial charge in [0.15, 0.2) is 11.5 Å². The first kappa shape index (κ1) is 21.1. The van der Waals surface area contributed by atoms with Gasteiger partial charge in [0.05, 0.1) is 31.0 Å². The highest BCUT2D eigenvalue weighted by atomic mass is 32.1. The summed E-state index contributed by atoms with van der Waals surface area (Å²) >= 11 is 1.51. The van der Waals surface area contributed by atoms with E-state index in [2.05, 4.69) is 4.98 Å². The minimum atomic E-state index is -4.32. The summed E-state index contributed by atoms with van der Waals surface area (Å²) in [5.41, 5.74) is 1.91. The van der Waals surface area contributed by atoms with E-state index < -0.39 is 11.7 Å². The summed E-state index contributed by atoms with van der Waals surface area (Å²) in [6, 6.07) is 10.9. The van der Waals surface area contributed by atoms with E-state index in [0.717, 1.165) is 34.0 Å². The van der Waals surface area contributed by atoms with Gasteiger partial charge in [0, 0.05) is 18.5 Å². The molecule has 29 heavy (non-hydrogen) atoms. The minimum absolute atomic E-state index is 0.521. The molecule has 2 aromatic carbocycles. The highest BCUT2D eigenvalue weighted by Gasteiger charge is 2.29. The molecule has 0 bridgehead atoms. The Morgan fingerprint density at radius 2 is 1.72 bits per heavy atom.